The number of hydrogen-bond acceptors (Lipinski definition) is 1. The molecule has 2 heteroatoms. The van der Waals surface area contributed by atoms with E-state index in [0.717, 1.165) is 11.3 Å². The lowest BCUT2D eigenvalue weighted by atomic mass is 10.2. The van der Waals surface area contributed by atoms with Gasteiger partial charge in [-0.3, -0.25) is 0 Å². The second-order valence-electron chi connectivity index (χ2n) is 3.99. The van der Waals surface area contributed by atoms with Gasteiger partial charge in [-0.2, -0.15) is 0 Å². The SMILES string of the molecule is Cc1cc(-n2c(C)ccc2C)ccc1N. The third kappa shape index (κ3) is 1.63. The van der Waals surface area contributed by atoms with Crippen LogP contribution in [-0.2, 0) is 0 Å². The Morgan fingerprint density at radius 2 is 1.53 bits per heavy atom. The van der Waals surface area contributed by atoms with E-state index in [4.69, 9.17) is 5.73 Å². The molecule has 2 nitrogen and oxygen atoms in total. The number of nitrogens with two attached hydrogens (primary N) is 1. The molecule has 0 atom stereocenters. The molecule has 0 spiro atoms. The van der Waals surface area contributed by atoms with Gasteiger partial charge in [0.15, 0.2) is 0 Å². The van der Waals surface area contributed by atoms with E-state index in [2.05, 4.69) is 42.7 Å². The molecule has 1 aromatic heterocycles. The molecule has 0 saturated carbocycles. The first kappa shape index (κ1) is 9.84. The van der Waals surface area contributed by atoms with Crippen molar-refractivity contribution in [3.63, 3.8) is 0 Å². The quantitative estimate of drug-likeness (QED) is 0.705. The Hall–Kier alpha value is -1.70. The highest BCUT2D eigenvalue weighted by Gasteiger charge is 2.04. The van der Waals surface area contributed by atoms with Crippen molar-refractivity contribution < 1.29 is 0 Å². The van der Waals surface area contributed by atoms with Crippen LogP contribution in [0.4, 0.5) is 5.69 Å². The average molecular weight is 200 g/mol. The van der Waals surface area contributed by atoms with E-state index in [1.807, 2.05) is 13.0 Å². The third-order valence-electron chi connectivity index (χ3n) is 2.78. The van der Waals surface area contributed by atoms with Crippen molar-refractivity contribution in [1.29, 1.82) is 0 Å². The Morgan fingerprint density at radius 1 is 0.933 bits per heavy atom. The molecule has 15 heavy (non-hydrogen) atoms. The predicted octanol–water partition coefficient (Wildman–Crippen LogP) is 2.98. The van der Waals surface area contributed by atoms with Gasteiger partial charge in [-0.1, -0.05) is 0 Å². The first-order valence-corrected chi connectivity index (χ1v) is 5.11. The van der Waals surface area contributed by atoms with Crippen LogP contribution in [0.15, 0.2) is 30.3 Å². The third-order valence-corrected chi connectivity index (χ3v) is 2.78. The standard InChI is InChI=1S/C13H16N2/c1-9-8-12(6-7-13(9)14)15-10(2)4-5-11(15)3/h4-8H,14H2,1-3H3. The minimum atomic E-state index is 0.848. The Bertz CT molecular complexity index is 476. The Kier molecular flexibility index (Phi) is 2.27. The Labute approximate surface area is 90.3 Å². The minimum Gasteiger partial charge on any atom is -0.399 e. The van der Waals surface area contributed by atoms with Crippen LogP contribution in [0.5, 0.6) is 0 Å². The van der Waals surface area contributed by atoms with E-state index in [0.29, 0.717) is 0 Å². The summed E-state index contributed by atoms with van der Waals surface area (Å²) in [6, 6.07) is 10.4. The first-order chi connectivity index (χ1) is 7.09. The summed E-state index contributed by atoms with van der Waals surface area (Å²) in [5.74, 6) is 0. The van der Waals surface area contributed by atoms with Crippen LogP contribution in [0.2, 0.25) is 0 Å². The molecule has 0 saturated heterocycles. The summed E-state index contributed by atoms with van der Waals surface area (Å²) in [5.41, 5.74) is 11.5. The number of anilines is 1. The van der Waals surface area contributed by atoms with Crippen molar-refractivity contribution in [1.82, 2.24) is 4.57 Å². The number of nitrogen functional groups attached to an aromatic ring is 1. The molecule has 0 aliphatic heterocycles. The molecule has 0 unspecified atom stereocenters. The van der Waals surface area contributed by atoms with Gasteiger partial charge in [0.25, 0.3) is 0 Å². The normalized spacial score (nSPS) is 10.6. The van der Waals surface area contributed by atoms with Crippen LogP contribution < -0.4 is 5.73 Å². The van der Waals surface area contributed by atoms with Crippen LogP contribution in [-0.4, -0.2) is 4.57 Å². The highest BCUT2D eigenvalue weighted by molar-refractivity contribution is 5.53. The molecular formula is C13H16N2. The first-order valence-electron chi connectivity index (χ1n) is 5.11. The smallest absolute Gasteiger partial charge is 0.0459 e. The lowest BCUT2D eigenvalue weighted by Crippen LogP contribution is -2.00. The number of aromatic nitrogens is 1. The number of aryl methyl sites for hydroxylation is 3. The fourth-order valence-electron chi connectivity index (χ4n) is 1.87. The van der Waals surface area contributed by atoms with Gasteiger partial charge in [-0.15, -0.1) is 0 Å². The van der Waals surface area contributed by atoms with E-state index < -0.39 is 0 Å². The Balaban J connectivity index is 2.59. The molecule has 0 fully saturated rings. The van der Waals surface area contributed by atoms with Gasteiger partial charge in [0.05, 0.1) is 0 Å². The van der Waals surface area contributed by atoms with Gasteiger partial charge in [0.1, 0.15) is 0 Å². The highest BCUT2D eigenvalue weighted by atomic mass is 15.0. The fraction of sp³-hybridized carbons (Fsp3) is 0.231. The van der Waals surface area contributed by atoms with Crippen molar-refractivity contribution in [2.45, 2.75) is 20.8 Å². The lowest BCUT2D eigenvalue weighted by molar-refractivity contribution is 0.964. The van der Waals surface area contributed by atoms with Gasteiger partial charge in [-0.05, 0) is 56.7 Å². The summed E-state index contributed by atoms with van der Waals surface area (Å²) in [7, 11) is 0. The van der Waals surface area contributed by atoms with Crippen LogP contribution in [0.3, 0.4) is 0 Å². The summed E-state index contributed by atoms with van der Waals surface area (Å²) < 4.78 is 2.23. The topological polar surface area (TPSA) is 30.9 Å². The second kappa shape index (κ2) is 3.46. The van der Waals surface area contributed by atoms with Gasteiger partial charge >= 0.3 is 0 Å². The van der Waals surface area contributed by atoms with E-state index in [9.17, 15) is 0 Å². The number of benzene rings is 1. The molecule has 1 aromatic carbocycles. The molecule has 1 heterocycles. The number of nitrogens with zero attached hydrogens (tertiary/aromatic N) is 1. The summed E-state index contributed by atoms with van der Waals surface area (Å²) >= 11 is 0. The maximum Gasteiger partial charge on any atom is 0.0459 e. The average Bonchev–Trinajstić information content (AvgIpc) is 2.52. The molecule has 0 radical (unpaired) electrons. The highest BCUT2D eigenvalue weighted by Crippen LogP contribution is 2.20. The van der Waals surface area contributed by atoms with E-state index in [-0.39, 0.29) is 0 Å². The zero-order valence-corrected chi connectivity index (χ0v) is 9.41. The number of hydrogen-bond donors (Lipinski definition) is 1. The van der Waals surface area contributed by atoms with Crippen LogP contribution >= 0.6 is 0 Å². The molecule has 0 amide bonds. The van der Waals surface area contributed by atoms with E-state index >= 15 is 0 Å². The molecule has 2 aromatic rings. The maximum absolute atomic E-state index is 5.81. The number of rotatable bonds is 1. The summed E-state index contributed by atoms with van der Waals surface area (Å²) in [6.07, 6.45) is 0. The molecular weight excluding hydrogens is 184 g/mol. The largest absolute Gasteiger partial charge is 0.399 e. The van der Waals surface area contributed by atoms with Gasteiger partial charge in [0.2, 0.25) is 0 Å². The molecule has 2 N–H and O–H groups in total. The molecule has 0 aliphatic rings. The summed E-state index contributed by atoms with van der Waals surface area (Å²) in [4.78, 5) is 0. The predicted molar refractivity (Wildman–Crippen MR) is 64.4 cm³/mol. The fourth-order valence-corrected chi connectivity index (χ4v) is 1.87. The van der Waals surface area contributed by atoms with E-state index in [1.165, 1.54) is 17.1 Å². The monoisotopic (exact) mass is 200 g/mol. The minimum absolute atomic E-state index is 0.848. The van der Waals surface area contributed by atoms with Crippen molar-refractivity contribution in [3.8, 4) is 5.69 Å². The molecule has 78 valence electrons. The lowest BCUT2D eigenvalue weighted by Gasteiger charge is -2.11. The van der Waals surface area contributed by atoms with Gasteiger partial charge in [-0.25, -0.2) is 0 Å². The molecule has 2 rings (SSSR count). The van der Waals surface area contributed by atoms with E-state index in [1.54, 1.807) is 0 Å². The van der Waals surface area contributed by atoms with Crippen LogP contribution in [0, 0.1) is 20.8 Å². The van der Waals surface area contributed by atoms with Crippen molar-refractivity contribution in [3.05, 3.63) is 47.3 Å². The van der Waals surface area contributed by atoms with Crippen LogP contribution in [0.1, 0.15) is 17.0 Å². The Morgan fingerprint density at radius 3 is 2.07 bits per heavy atom. The van der Waals surface area contributed by atoms with Crippen molar-refractivity contribution >= 4 is 5.69 Å². The van der Waals surface area contributed by atoms with Crippen molar-refractivity contribution in [2.24, 2.45) is 0 Å². The van der Waals surface area contributed by atoms with Crippen molar-refractivity contribution in [2.75, 3.05) is 5.73 Å². The van der Waals surface area contributed by atoms with Gasteiger partial charge < -0.3 is 10.3 Å². The molecule has 0 bridgehead atoms. The summed E-state index contributed by atoms with van der Waals surface area (Å²) in [6.45, 7) is 6.25. The molecule has 0 aliphatic carbocycles. The maximum atomic E-state index is 5.81. The summed E-state index contributed by atoms with van der Waals surface area (Å²) in [5, 5.41) is 0. The zero-order chi connectivity index (χ0) is 11.0. The van der Waals surface area contributed by atoms with Crippen LogP contribution in [0.25, 0.3) is 5.69 Å². The van der Waals surface area contributed by atoms with Gasteiger partial charge in [0, 0.05) is 22.8 Å². The second-order valence-corrected chi connectivity index (χ2v) is 3.99. The zero-order valence-electron chi connectivity index (χ0n) is 9.41.